The number of hydrogen-bond acceptors (Lipinski definition) is 2. The van der Waals surface area contributed by atoms with Crippen LogP contribution >= 0.6 is 0 Å². The van der Waals surface area contributed by atoms with Gasteiger partial charge < -0.3 is 10.6 Å². The van der Waals surface area contributed by atoms with E-state index in [9.17, 15) is 4.79 Å². The first-order valence-corrected chi connectivity index (χ1v) is 7.69. The number of rotatable bonds is 5. The van der Waals surface area contributed by atoms with Crippen molar-refractivity contribution in [2.45, 2.75) is 31.2 Å². The third-order valence-electron chi connectivity index (χ3n) is 4.38. The van der Waals surface area contributed by atoms with Gasteiger partial charge in [-0.25, -0.2) is 4.79 Å². The summed E-state index contributed by atoms with van der Waals surface area (Å²) in [7, 11) is 0. The van der Waals surface area contributed by atoms with Gasteiger partial charge in [0.15, 0.2) is 0 Å². The summed E-state index contributed by atoms with van der Waals surface area (Å²) >= 11 is 0. The summed E-state index contributed by atoms with van der Waals surface area (Å²) in [4.78, 5) is 16.1. The lowest BCUT2D eigenvalue weighted by molar-refractivity contribution is 0.237. The Morgan fingerprint density at radius 2 is 1.86 bits per heavy atom. The van der Waals surface area contributed by atoms with Crippen molar-refractivity contribution in [1.29, 1.82) is 0 Å². The summed E-state index contributed by atoms with van der Waals surface area (Å²) < 4.78 is 0. The number of urea groups is 1. The molecule has 1 aromatic heterocycles. The van der Waals surface area contributed by atoms with Crippen LogP contribution in [-0.2, 0) is 5.41 Å². The summed E-state index contributed by atoms with van der Waals surface area (Å²) in [5.74, 6) is 0. The Hall–Kier alpha value is -2.36. The SMILES string of the molecule is C[C@H](NC(=O)NCC1(c2ccccc2)CC1)c1ccncc1. The van der Waals surface area contributed by atoms with Gasteiger partial charge in [0.1, 0.15) is 0 Å². The van der Waals surface area contributed by atoms with Crippen molar-refractivity contribution >= 4 is 6.03 Å². The number of amides is 2. The smallest absolute Gasteiger partial charge is 0.315 e. The van der Waals surface area contributed by atoms with Gasteiger partial charge in [0.05, 0.1) is 6.04 Å². The van der Waals surface area contributed by atoms with Crippen LogP contribution in [0.1, 0.15) is 36.9 Å². The van der Waals surface area contributed by atoms with Crippen LogP contribution < -0.4 is 10.6 Å². The highest BCUT2D eigenvalue weighted by atomic mass is 16.2. The molecular formula is C18H21N3O. The lowest BCUT2D eigenvalue weighted by atomic mass is 9.96. The maximum absolute atomic E-state index is 12.1. The average molecular weight is 295 g/mol. The van der Waals surface area contributed by atoms with E-state index in [0.29, 0.717) is 6.54 Å². The highest BCUT2D eigenvalue weighted by Gasteiger charge is 2.44. The Labute approximate surface area is 131 Å². The van der Waals surface area contributed by atoms with E-state index in [0.717, 1.165) is 18.4 Å². The van der Waals surface area contributed by atoms with E-state index in [2.05, 4.69) is 39.9 Å². The summed E-state index contributed by atoms with van der Waals surface area (Å²) in [5.41, 5.74) is 2.50. The number of nitrogens with one attached hydrogen (secondary N) is 2. The molecule has 1 aliphatic carbocycles. The van der Waals surface area contributed by atoms with Crippen molar-refractivity contribution < 1.29 is 4.79 Å². The van der Waals surface area contributed by atoms with Gasteiger partial charge in [-0.1, -0.05) is 30.3 Å². The number of carbonyl (C=O) groups is 1. The molecule has 0 saturated heterocycles. The molecule has 0 unspecified atom stereocenters. The van der Waals surface area contributed by atoms with Crippen molar-refractivity contribution in [2.24, 2.45) is 0 Å². The standard InChI is InChI=1S/C18H21N3O/c1-14(15-7-11-19-12-8-15)21-17(22)20-13-18(9-10-18)16-5-3-2-4-6-16/h2-8,11-12,14H,9-10,13H2,1H3,(H2,20,21,22)/t14-/m0/s1. The molecule has 0 radical (unpaired) electrons. The number of hydrogen-bond donors (Lipinski definition) is 2. The maximum atomic E-state index is 12.1. The van der Waals surface area contributed by atoms with Crippen LogP contribution in [-0.4, -0.2) is 17.6 Å². The fourth-order valence-electron chi connectivity index (χ4n) is 2.74. The summed E-state index contributed by atoms with van der Waals surface area (Å²) in [5, 5.41) is 5.99. The topological polar surface area (TPSA) is 54.0 Å². The van der Waals surface area contributed by atoms with E-state index in [1.165, 1.54) is 5.56 Å². The minimum absolute atomic E-state index is 0.0325. The highest BCUT2D eigenvalue weighted by molar-refractivity contribution is 5.74. The van der Waals surface area contributed by atoms with Gasteiger partial charge in [0, 0.05) is 24.4 Å². The third kappa shape index (κ3) is 3.27. The molecule has 1 atom stereocenters. The predicted octanol–water partition coefficient (Wildman–Crippen LogP) is 3.17. The quantitative estimate of drug-likeness (QED) is 0.890. The van der Waals surface area contributed by atoms with Gasteiger partial charge in [0.2, 0.25) is 0 Å². The molecule has 2 N–H and O–H groups in total. The van der Waals surface area contributed by atoms with E-state index in [-0.39, 0.29) is 17.5 Å². The Bertz CT molecular complexity index is 623. The molecule has 2 aromatic rings. The van der Waals surface area contributed by atoms with E-state index >= 15 is 0 Å². The van der Waals surface area contributed by atoms with Gasteiger partial charge in [0.25, 0.3) is 0 Å². The summed E-state index contributed by atoms with van der Waals surface area (Å²) in [6, 6.07) is 14.1. The molecule has 1 aliphatic rings. The largest absolute Gasteiger partial charge is 0.337 e. The summed E-state index contributed by atoms with van der Waals surface area (Å²) in [6.45, 7) is 2.66. The maximum Gasteiger partial charge on any atom is 0.315 e. The van der Waals surface area contributed by atoms with E-state index in [1.807, 2.05) is 25.1 Å². The lowest BCUT2D eigenvalue weighted by Gasteiger charge is -2.19. The molecule has 2 amide bonds. The van der Waals surface area contributed by atoms with Crippen molar-refractivity contribution in [3.63, 3.8) is 0 Å². The lowest BCUT2D eigenvalue weighted by Crippen LogP contribution is -2.40. The first-order chi connectivity index (χ1) is 10.7. The van der Waals surface area contributed by atoms with E-state index in [4.69, 9.17) is 0 Å². The molecule has 1 aromatic carbocycles. The molecule has 1 fully saturated rings. The second kappa shape index (κ2) is 6.18. The fraction of sp³-hybridized carbons (Fsp3) is 0.333. The normalized spacial score (nSPS) is 16.6. The van der Waals surface area contributed by atoms with Gasteiger partial charge in [-0.3, -0.25) is 4.98 Å². The molecular weight excluding hydrogens is 274 g/mol. The first kappa shape index (κ1) is 14.6. The molecule has 0 spiro atoms. The molecule has 114 valence electrons. The Balaban J connectivity index is 1.53. The Kier molecular flexibility index (Phi) is 4.09. The molecule has 1 heterocycles. The van der Waals surface area contributed by atoms with Crippen LogP contribution in [0, 0.1) is 0 Å². The second-order valence-corrected chi connectivity index (χ2v) is 5.98. The molecule has 22 heavy (non-hydrogen) atoms. The molecule has 0 bridgehead atoms. The van der Waals surface area contributed by atoms with Gasteiger partial charge in [-0.05, 0) is 43.0 Å². The Morgan fingerprint density at radius 3 is 2.50 bits per heavy atom. The monoisotopic (exact) mass is 295 g/mol. The van der Waals surface area contributed by atoms with Crippen molar-refractivity contribution in [3.05, 3.63) is 66.0 Å². The minimum atomic E-state index is -0.119. The molecule has 4 heteroatoms. The van der Waals surface area contributed by atoms with Gasteiger partial charge in [-0.15, -0.1) is 0 Å². The van der Waals surface area contributed by atoms with Gasteiger partial charge >= 0.3 is 6.03 Å². The van der Waals surface area contributed by atoms with Crippen LogP contribution in [0.2, 0.25) is 0 Å². The van der Waals surface area contributed by atoms with Gasteiger partial charge in [-0.2, -0.15) is 0 Å². The third-order valence-corrected chi connectivity index (χ3v) is 4.38. The molecule has 3 rings (SSSR count). The average Bonchev–Trinajstić information content (AvgIpc) is 3.36. The van der Waals surface area contributed by atoms with Crippen LogP contribution in [0.4, 0.5) is 4.79 Å². The zero-order chi connectivity index (χ0) is 15.4. The first-order valence-electron chi connectivity index (χ1n) is 7.69. The zero-order valence-electron chi connectivity index (χ0n) is 12.8. The van der Waals surface area contributed by atoms with Crippen molar-refractivity contribution in [2.75, 3.05) is 6.54 Å². The van der Waals surface area contributed by atoms with E-state index in [1.54, 1.807) is 12.4 Å². The highest BCUT2D eigenvalue weighted by Crippen LogP contribution is 2.47. The van der Waals surface area contributed by atoms with Crippen LogP contribution in [0.5, 0.6) is 0 Å². The number of pyridine rings is 1. The van der Waals surface area contributed by atoms with Crippen LogP contribution in [0.25, 0.3) is 0 Å². The number of carbonyl (C=O) groups excluding carboxylic acids is 1. The number of nitrogens with zero attached hydrogens (tertiary/aromatic N) is 1. The Morgan fingerprint density at radius 1 is 1.18 bits per heavy atom. The molecule has 1 saturated carbocycles. The van der Waals surface area contributed by atoms with Crippen molar-refractivity contribution in [1.82, 2.24) is 15.6 Å². The van der Waals surface area contributed by atoms with Crippen LogP contribution in [0.3, 0.4) is 0 Å². The van der Waals surface area contributed by atoms with Crippen molar-refractivity contribution in [3.8, 4) is 0 Å². The van der Waals surface area contributed by atoms with Crippen LogP contribution in [0.15, 0.2) is 54.9 Å². The minimum Gasteiger partial charge on any atom is -0.337 e. The summed E-state index contributed by atoms with van der Waals surface area (Å²) in [6.07, 6.45) is 5.74. The van der Waals surface area contributed by atoms with E-state index < -0.39 is 0 Å². The second-order valence-electron chi connectivity index (χ2n) is 5.98. The fourth-order valence-corrected chi connectivity index (χ4v) is 2.74. The predicted molar refractivity (Wildman–Crippen MR) is 86.5 cm³/mol. The number of aromatic nitrogens is 1. The number of benzene rings is 1. The molecule has 0 aliphatic heterocycles. The zero-order valence-corrected chi connectivity index (χ0v) is 12.8. The molecule has 4 nitrogen and oxygen atoms in total.